The summed E-state index contributed by atoms with van der Waals surface area (Å²) >= 11 is 0. The molecule has 29 heavy (non-hydrogen) atoms. The Kier molecular flexibility index (Phi) is 7.03. The van der Waals surface area contributed by atoms with Crippen LogP contribution in [0, 0.1) is 0 Å². The fraction of sp³-hybridized carbons (Fsp3) is 0.118. The van der Waals surface area contributed by atoms with Crippen LogP contribution in [-0.4, -0.2) is 71.3 Å². The maximum absolute atomic E-state index is 12.6. The third-order valence-corrected chi connectivity index (χ3v) is 4.76. The number of anilines is 1. The van der Waals surface area contributed by atoms with E-state index in [0.717, 1.165) is 17.1 Å². The van der Waals surface area contributed by atoms with Gasteiger partial charge in [0.1, 0.15) is 0 Å². The normalized spacial score (nSPS) is 16.6. The number of hydrazone groups is 1. The zero-order valence-corrected chi connectivity index (χ0v) is 18.2. The summed E-state index contributed by atoms with van der Waals surface area (Å²) < 4.78 is 31.2. The zero-order valence-electron chi connectivity index (χ0n) is 15.4. The van der Waals surface area contributed by atoms with Crippen LogP contribution in [0.2, 0.25) is 0 Å². The second kappa shape index (κ2) is 8.93. The van der Waals surface area contributed by atoms with E-state index < -0.39 is 28.0 Å². The number of carbonyl (C=O) groups excluding carboxylic acids is 1. The largest absolute Gasteiger partial charge is 0.478 e. The van der Waals surface area contributed by atoms with E-state index in [-0.39, 0.29) is 51.4 Å². The molecule has 1 heterocycles. The summed E-state index contributed by atoms with van der Waals surface area (Å²) in [5.74, 6) is -1.70. The number of amides is 1. The van der Waals surface area contributed by atoms with Crippen molar-refractivity contribution in [2.75, 3.05) is 5.01 Å². The molecule has 12 heteroatoms. The second-order valence-corrected chi connectivity index (χ2v) is 7.22. The van der Waals surface area contributed by atoms with Crippen molar-refractivity contribution >= 4 is 68.6 Å². The van der Waals surface area contributed by atoms with E-state index in [1.54, 1.807) is 19.1 Å². The summed E-state index contributed by atoms with van der Waals surface area (Å²) in [6.45, 7) is 1.57. The number of nitrogens with zero attached hydrogens (tertiary/aromatic N) is 4. The average Bonchev–Trinajstić information content (AvgIpc) is 2.93. The SMILES string of the molecule is CC1=NN(c2ccc(S(=O)(=O)O)cc2)C(=O)C1N=Nc1ccccc1C(=O)O.[Na]. The van der Waals surface area contributed by atoms with Crippen LogP contribution < -0.4 is 5.01 Å². The number of hydrogen-bond acceptors (Lipinski definition) is 7. The van der Waals surface area contributed by atoms with Crippen molar-refractivity contribution in [2.24, 2.45) is 15.3 Å². The summed E-state index contributed by atoms with van der Waals surface area (Å²) in [5.41, 5.74) is 0.663. The van der Waals surface area contributed by atoms with Crippen molar-refractivity contribution in [3.8, 4) is 0 Å². The van der Waals surface area contributed by atoms with Gasteiger partial charge in [-0.15, -0.1) is 0 Å². The minimum absolute atomic E-state index is 0. The molecule has 1 unspecified atom stereocenters. The van der Waals surface area contributed by atoms with Gasteiger partial charge in [-0.1, -0.05) is 12.1 Å². The molecule has 1 amide bonds. The third-order valence-electron chi connectivity index (χ3n) is 3.89. The van der Waals surface area contributed by atoms with Gasteiger partial charge >= 0.3 is 5.97 Å². The zero-order chi connectivity index (χ0) is 20.5. The van der Waals surface area contributed by atoms with Crippen molar-refractivity contribution in [2.45, 2.75) is 17.9 Å². The Labute approximate surface area is 188 Å². The van der Waals surface area contributed by atoms with Crippen LogP contribution in [0.25, 0.3) is 0 Å². The fourth-order valence-corrected chi connectivity index (χ4v) is 2.98. The predicted octanol–water partition coefficient (Wildman–Crippen LogP) is 2.13. The van der Waals surface area contributed by atoms with Crippen LogP contribution in [0.4, 0.5) is 11.4 Å². The Balaban J connectivity index is 0.00000300. The molecule has 0 saturated heterocycles. The molecule has 0 aliphatic carbocycles. The van der Waals surface area contributed by atoms with E-state index in [0.29, 0.717) is 5.71 Å². The van der Waals surface area contributed by atoms with Gasteiger partial charge in [-0.3, -0.25) is 9.35 Å². The molecule has 1 atom stereocenters. The smallest absolute Gasteiger partial charge is 0.337 e. The summed E-state index contributed by atoms with van der Waals surface area (Å²) in [5, 5.41) is 22.1. The van der Waals surface area contributed by atoms with Gasteiger partial charge in [0.2, 0.25) is 0 Å². The topological polar surface area (TPSA) is 149 Å². The van der Waals surface area contributed by atoms with Crippen molar-refractivity contribution in [1.82, 2.24) is 0 Å². The Morgan fingerprint density at radius 3 is 2.34 bits per heavy atom. The van der Waals surface area contributed by atoms with Crippen molar-refractivity contribution in [1.29, 1.82) is 0 Å². The van der Waals surface area contributed by atoms with Gasteiger partial charge < -0.3 is 5.11 Å². The summed E-state index contributed by atoms with van der Waals surface area (Å²) in [6.07, 6.45) is 0. The molecule has 0 spiro atoms. The number of azo groups is 1. The molecule has 1 radical (unpaired) electrons. The monoisotopic (exact) mass is 425 g/mol. The number of carboxylic acids is 1. The molecule has 2 aromatic rings. The molecular formula is C17H14N4NaO6S. The van der Waals surface area contributed by atoms with E-state index >= 15 is 0 Å². The fourth-order valence-electron chi connectivity index (χ4n) is 2.50. The number of hydrogen-bond donors (Lipinski definition) is 2. The Morgan fingerprint density at radius 2 is 1.76 bits per heavy atom. The predicted molar refractivity (Wildman–Crippen MR) is 104 cm³/mol. The summed E-state index contributed by atoms with van der Waals surface area (Å²) in [4.78, 5) is 23.5. The van der Waals surface area contributed by atoms with Gasteiger partial charge in [-0.2, -0.15) is 28.8 Å². The molecule has 1 aliphatic heterocycles. The van der Waals surface area contributed by atoms with E-state index in [1.165, 1.54) is 24.3 Å². The Morgan fingerprint density at radius 1 is 1.14 bits per heavy atom. The number of rotatable bonds is 5. The average molecular weight is 425 g/mol. The van der Waals surface area contributed by atoms with Gasteiger partial charge in [-0.05, 0) is 43.3 Å². The minimum Gasteiger partial charge on any atom is -0.478 e. The van der Waals surface area contributed by atoms with Gasteiger partial charge in [-0.25, -0.2) is 4.79 Å². The first-order chi connectivity index (χ1) is 13.2. The number of benzene rings is 2. The first kappa shape index (κ1) is 22.8. The molecule has 2 N–H and O–H groups in total. The third kappa shape index (κ3) is 4.95. The molecule has 1 aliphatic rings. The van der Waals surface area contributed by atoms with Crippen LogP contribution >= 0.6 is 0 Å². The molecule has 0 aromatic heterocycles. The summed E-state index contributed by atoms with van der Waals surface area (Å²) in [7, 11) is -4.35. The van der Waals surface area contributed by atoms with Gasteiger partial charge in [0.05, 0.1) is 27.5 Å². The number of aromatic carboxylic acids is 1. The first-order valence-electron chi connectivity index (χ1n) is 7.88. The number of carbonyl (C=O) groups is 2. The molecule has 10 nitrogen and oxygen atoms in total. The molecule has 0 fully saturated rings. The maximum atomic E-state index is 12.6. The maximum Gasteiger partial charge on any atom is 0.337 e. The quantitative estimate of drug-likeness (QED) is 0.426. The van der Waals surface area contributed by atoms with E-state index in [9.17, 15) is 23.1 Å². The van der Waals surface area contributed by atoms with E-state index in [1.807, 2.05) is 0 Å². The van der Waals surface area contributed by atoms with Crippen molar-refractivity contribution in [3.63, 3.8) is 0 Å². The minimum atomic E-state index is -4.35. The number of carboxylic acid groups (broad SMARTS) is 1. The molecular weight excluding hydrogens is 411 g/mol. The molecule has 145 valence electrons. The molecule has 0 saturated carbocycles. The van der Waals surface area contributed by atoms with Crippen molar-refractivity contribution < 1.29 is 27.7 Å². The molecule has 3 rings (SSSR count). The van der Waals surface area contributed by atoms with Crippen LogP contribution in [0.5, 0.6) is 0 Å². The van der Waals surface area contributed by atoms with Crippen LogP contribution in [-0.2, 0) is 14.9 Å². The molecule has 0 bridgehead atoms. The van der Waals surface area contributed by atoms with E-state index in [4.69, 9.17) is 4.55 Å². The van der Waals surface area contributed by atoms with Gasteiger partial charge in [0.15, 0.2) is 6.04 Å². The van der Waals surface area contributed by atoms with E-state index in [2.05, 4.69) is 15.3 Å². The Bertz CT molecular complexity index is 1110. The van der Waals surface area contributed by atoms with Crippen molar-refractivity contribution in [3.05, 3.63) is 54.1 Å². The molecule has 2 aromatic carbocycles. The van der Waals surface area contributed by atoms with Gasteiger partial charge in [0, 0.05) is 29.6 Å². The Hall–Kier alpha value is -2.44. The van der Waals surface area contributed by atoms with Gasteiger partial charge in [0.25, 0.3) is 16.0 Å². The van der Waals surface area contributed by atoms with Crippen LogP contribution in [0.15, 0.2) is 68.8 Å². The second-order valence-electron chi connectivity index (χ2n) is 5.80. The van der Waals surface area contributed by atoms with Crippen LogP contribution in [0.1, 0.15) is 17.3 Å². The summed E-state index contributed by atoms with van der Waals surface area (Å²) in [6, 6.07) is 9.86. The first-order valence-corrected chi connectivity index (χ1v) is 9.32. The van der Waals surface area contributed by atoms with Crippen LogP contribution in [0.3, 0.4) is 0 Å². The standard InChI is InChI=1S/C17H14N4O6S.Na/c1-10-15(19-18-14-5-3-2-4-13(14)17(23)24)16(22)21(20-10)11-6-8-12(9-7-11)28(25,26)27;/h2-9,15H,1H3,(H,23,24)(H,25,26,27);.